The highest BCUT2D eigenvalue weighted by atomic mass is 16.5. The largest absolute Gasteiger partial charge is 0.417 e. The minimum Gasteiger partial charge on any atom is -0.408 e. The fraction of sp³-hybridized carbons (Fsp3) is 0.417. The van der Waals surface area contributed by atoms with Crippen LogP contribution in [0, 0.1) is 0 Å². The predicted octanol–water partition coefficient (Wildman–Crippen LogP) is 1.20. The van der Waals surface area contributed by atoms with Crippen LogP contribution in [0.25, 0.3) is 11.1 Å². The Morgan fingerprint density at radius 2 is 2.29 bits per heavy atom. The van der Waals surface area contributed by atoms with Gasteiger partial charge in [0.15, 0.2) is 5.58 Å². The smallest absolute Gasteiger partial charge is 0.408 e. The minimum atomic E-state index is -0.409. The molecule has 0 radical (unpaired) electrons. The molecule has 0 atom stereocenters. The number of oxazole rings is 1. The van der Waals surface area contributed by atoms with Gasteiger partial charge in [0, 0.05) is 13.7 Å². The van der Waals surface area contributed by atoms with Gasteiger partial charge in [-0.3, -0.25) is 9.88 Å². The van der Waals surface area contributed by atoms with E-state index in [4.69, 9.17) is 9.15 Å². The Balaban J connectivity index is 2.06. The normalized spacial score (nSPS) is 11.5. The van der Waals surface area contributed by atoms with Crippen LogP contribution in [0.5, 0.6) is 0 Å². The fourth-order valence-corrected chi connectivity index (χ4v) is 1.76. The van der Waals surface area contributed by atoms with E-state index in [1.807, 2.05) is 25.2 Å². The Morgan fingerprint density at radius 3 is 3.06 bits per heavy atom. The summed E-state index contributed by atoms with van der Waals surface area (Å²) in [4.78, 5) is 15.7. The number of hydrogen-bond acceptors (Lipinski definition) is 4. The van der Waals surface area contributed by atoms with E-state index in [-0.39, 0.29) is 0 Å². The molecule has 2 aromatic rings. The van der Waals surface area contributed by atoms with E-state index in [0.717, 1.165) is 24.0 Å². The second-order valence-corrected chi connectivity index (χ2v) is 4.09. The van der Waals surface area contributed by atoms with Crippen molar-refractivity contribution >= 4 is 11.1 Å². The van der Waals surface area contributed by atoms with E-state index in [1.165, 1.54) is 0 Å². The summed E-state index contributed by atoms with van der Waals surface area (Å²) < 4.78 is 9.97. The summed E-state index contributed by atoms with van der Waals surface area (Å²) in [5.74, 6) is -0.409. The third-order valence-corrected chi connectivity index (χ3v) is 2.62. The van der Waals surface area contributed by atoms with E-state index in [9.17, 15) is 4.79 Å². The number of H-pyrrole nitrogens is 1. The van der Waals surface area contributed by atoms with E-state index in [1.54, 1.807) is 7.11 Å². The molecule has 0 saturated carbocycles. The van der Waals surface area contributed by atoms with E-state index in [0.29, 0.717) is 12.3 Å². The summed E-state index contributed by atoms with van der Waals surface area (Å²) in [6.07, 6.45) is 0.906. The van der Waals surface area contributed by atoms with Gasteiger partial charge in [0.25, 0.3) is 0 Å². The van der Waals surface area contributed by atoms with Crippen LogP contribution in [0.1, 0.15) is 5.56 Å². The number of hydrogen-bond donors (Lipinski definition) is 1. The van der Waals surface area contributed by atoms with Gasteiger partial charge in [-0.1, -0.05) is 6.07 Å². The molecular weight excluding hydrogens is 220 g/mol. The van der Waals surface area contributed by atoms with Crippen molar-refractivity contribution in [3.63, 3.8) is 0 Å². The second kappa shape index (κ2) is 5.16. The van der Waals surface area contributed by atoms with Crippen LogP contribution in [0.15, 0.2) is 27.4 Å². The van der Waals surface area contributed by atoms with Gasteiger partial charge in [-0.15, -0.1) is 0 Å². The zero-order chi connectivity index (χ0) is 12.3. The maximum atomic E-state index is 11.0. The lowest BCUT2D eigenvalue weighted by Gasteiger charge is -2.14. The average Bonchev–Trinajstić information content (AvgIpc) is 2.66. The number of rotatable bonds is 5. The number of likely N-dealkylation sites (N-methyl/N-ethyl adjacent to an activating group) is 1. The number of aromatic nitrogens is 1. The number of ether oxygens (including phenoxy) is 1. The van der Waals surface area contributed by atoms with Gasteiger partial charge in [-0.25, -0.2) is 4.79 Å². The number of methoxy groups -OCH3 is 1. The van der Waals surface area contributed by atoms with Crippen LogP contribution in [0.3, 0.4) is 0 Å². The third-order valence-electron chi connectivity index (χ3n) is 2.62. The maximum Gasteiger partial charge on any atom is 0.417 e. The lowest BCUT2D eigenvalue weighted by molar-refractivity contribution is 0.0827. The van der Waals surface area contributed by atoms with Gasteiger partial charge in [0.2, 0.25) is 0 Å². The van der Waals surface area contributed by atoms with Crippen LogP contribution in [-0.2, 0) is 11.2 Å². The van der Waals surface area contributed by atoms with Crippen molar-refractivity contribution in [2.24, 2.45) is 0 Å². The van der Waals surface area contributed by atoms with Crippen molar-refractivity contribution in [3.8, 4) is 0 Å². The summed E-state index contributed by atoms with van der Waals surface area (Å²) in [5, 5.41) is 0. The highest BCUT2D eigenvalue weighted by Gasteiger charge is 2.03. The molecule has 1 aromatic heterocycles. The number of nitrogens with zero attached hydrogens (tertiary/aromatic N) is 1. The first-order chi connectivity index (χ1) is 8.19. The SMILES string of the molecule is COCN(C)CCc1ccc2oc(=O)[nH]c2c1. The molecule has 0 amide bonds. The zero-order valence-electron chi connectivity index (χ0n) is 10.0. The van der Waals surface area contributed by atoms with Gasteiger partial charge in [-0.2, -0.15) is 0 Å². The Bertz CT molecular complexity index is 544. The zero-order valence-corrected chi connectivity index (χ0v) is 10.0. The molecule has 1 N–H and O–H groups in total. The summed E-state index contributed by atoms with van der Waals surface area (Å²) in [6, 6.07) is 5.74. The van der Waals surface area contributed by atoms with Crippen LogP contribution in [0.2, 0.25) is 0 Å². The van der Waals surface area contributed by atoms with E-state index < -0.39 is 5.76 Å². The van der Waals surface area contributed by atoms with Gasteiger partial charge in [-0.05, 0) is 31.2 Å². The van der Waals surface area contributed by atoms with Gasteiger partial charge in [0.05, 0.1) is 12.2 Å². The molecule has 0 aliphatic heterocycles. The molecule has 0 saturated heterocycles. The molecule has 17 heavy (non-hydrogen) atoms. The Labute approximate surface area is 99.0 Å². The van der Waals surface area contributed by atoms with E-state index >= 15 is 0 Å². The van der Waals surface area contributed by atoms with Gasteiger partial charge >= 0.3 is 5.76 Å². The number of aromatic amines is 1. The van der Waals surface area contributed by atoms with Crippen LogP contribution >= 0.6 is 0 Å². The molecule has 0 aliphatic rings. The van der Waals surface area contributed by atoms with Crippen molar-refractivity contribution < 1.29 is 9.15 Å². The molecule has 2 rings (SSSR count). The minimum absolute atomic E-state index is 0.409. The molecule has 0 unspecified atom stereocenters. The van der Waals surface area contributed by atoms with Gasteiger partial charge in [0.1, 0.15) is 0 Å². The Hall–Kier alpha value is -1.59. The molecule has 0 aliphatic carbocycles. The number of fused-ring (bicyclic) bond motifs is 1. The first-order valence-electron chi connectivity index (χ1n) is 5.48. The van der Waals surface area contributed by atoms with Crippen molar-refractivity contribution in [3.05, 3.63) is 34.3 Å². The lowest BCUT2D eigenvalue weighted by Crippen LogP contribution is -2.23. The van der Waals surface area contributed by atoms with Crippen LogP contribution < -0.4 is 5.76 Å². The van der Waals surface area contributed by atoms with E-state index in [2.05, 4.69) is 9.88 Å². The van der Waals surface area contributed by atoms with Crippen molar-refractivity contribution in [2.45, 2.75) is 6.42 Å². The second-order valence-electron chi connectivity index (χ2n) is 4.09. The van der Waals surface area contributed by atoms with Crippen molar-refractivity contribution in [1.29, 1.82) is 0 Å². The summed E-state index contributed by atoms with van der Waals surface area (Å²) >= 11 is 0. The van der Waals surface area contributed by atoms with Crippen molar-refractivity contribution in [2.75, 3.05) is 27.4 Å². The van der Waals surface area contributed by atoms with Crippen LogP contribution in [0.4, 0.5) is 0 Å². The maximum absolute atomic E-state index is 11.0. The summed E-state index contributed by atoms with van der Waals surface area (Å²) in [5.41, 5.74) is 2.52. The molecule has 92 valence electrons. The molecule has 0 spiro atoms. The Morgan fingerprint density at radius 1 is 1.47 bits per heavy atom. The molecule has 1 heterocycles. The lowest BCUT2D eigenvalue weighted by atomic mass is 10.1. The molecule has 5 heteroatoms. The standard InChI is InChI=1S/C12H16N2O3/c1-14(8-16-2)6-5-9-3-4-11-10(7-9)13-12(15)17-11/h3-4,7H,5-6,8H2,1-2H3,(H,13,15). The molecular formula is C12H16N2O3. The Kier molecular flexibility index (Phi) is 3.61. The van der Waals surface area contributed by atoms with Crippen LogP contribution in [-0.4, -0.2) is 37.3 Å². The number of benzene rings is 1. The summed E-state index contributed by atoms with van der Waals surface area (Å²) in [6.45, 7) is 1.52. The first-order valence-corrected chi connectivity index (χ1v) is 5.48. The quantitative estimate of drug-likeness (QED) is 0.792. The molecule has 1 aromatic carbocycles. The third kappa shape index (κ3) is 2.95. The highest BCUT2D eigenvalue weighted by Crippen LogP contribution is 2.12. The number of nitrogens with one attached hydrogen (secondary N) is 1. The summed E-state index contributed by atoms with van der Waals surface area (Å²) in [7, 11) is 3.68. The predicted molar refractivity (Wildman–Crippen MR) is 65.0 cm³/mol. The first kappa shape index (κ1) is 11.9. The highest BCUT2D eigenvalue weighted by molar-refractivity contribution is 5.72. The average molecular weight is 236 g/mol. The van der Waals surface area contributed by atoms with Crippen molar-refractivity contribution in [1.82, 2.24) is 9.88 Å². The monoisotopic (exact) mass is 236 g/mol. The topological polar surface area (TPSA) is 58.5 Å². The molecule has 5 nitrogen and oxygen atoms in total. The molecule has 0 bridgehead atoms. The fourth-order valence-electron chi connectivity index (χ4n) is 1.76. The molecule has 0 fully saturated rings. The van der Waals surface area contributed by atoms with Gasteiger partial charge < -0.3 is 9.15 Å².